The number of rotatable bonds is 5. The molecular weight excluding hydrogens is 710 g/mol. The summed E-state index contributed by atoms with van der Waals surface area (Å²) in [7, 11) is 0. The molecule has 2 amide bonds. The van der Waals surface area contributed by atoms with E-state index in [1.165, 1.54) is 30.1 Å². The van der Waals surface area contributed by atoms with Crippen molar-refractivity contribution in [2.75, 3.05) is 18.4 Å². The normalized spacial score (nSPS) is 16.8. The van der Waals surface area contributed by atoms with Crippen molar-refractivity contribution in [3.63, 3.8) is 0 Å². The van der Waals surface area contributed by atoms with Crippen molar-refractivity contribution in [3.05, 3.63) is 91.9 Å². The summed E-state index contributed by atoms with van der Waals surface area (Å²) in [5, 5.41) is 17.1. The van der Waals surface area contributed by atoms with Gasteiger partial charge in [0.25, 0.3) is 11.5 Å². The Kier molecular flexibility index (Phi) is 8.51. The molecule has 5 heterocycles. The zero-order valence-corrected chi connectivity index (χ0v) is 28.7. The number of fused-ring (bicyclic) bond motifs is 3. The van der Waals surface area contributed by atoms with E-state index >= 15 is 4.39 Å². The van der Waals surface area contributed by atoms with Crippen LogP contribution in [0.4, 0.5) is 23.2 Å². The van der Waals surface area contributed by atoms with Gasteiger partial charge in [0, 0.05) is 36.0 Å². The van der Waals surface area contributed by atoms with Crippen molar-refractivity contribution < 1.29 is 32.3 Å². The number of nitrogens with zero attached hydrogens (tertiary/aromatic N) is 8. The quantitative estimate of drug-likeness (QED) is 0.231. The highest BCUT2D eigenvalue weighted by molar-refractivity contribution is 6.33. The van der Waals surface area contributed by atoms with E-state index in [4.69, 9.17) is 11.6 Å². The molecule has 0 radical (unpaired) electrons. The monoisotopic (exact) mass is 739 g/mol. The SMILES string of the molecule is Cc1ncnc(C(=O)N2CCC3(CC2)C[C@H](C)c2c3c(=O)n3nc(-c4ccnc(C)c4F)nc3n2CC(=O)Nc2ccc(C(F)(F)F)cc2Cl)c1O. The van der Waals surface area contributed by atoms with Gasteiger partial charge in [-0.2, -0.15) is 22.7 Å². The number of nitrogens with one attached hydrogen (secondary N) is 1. The maximum atomic E-state index is 15.2. The highest BCUT2D eigenvalue weighted by Gasteiger charge is 2.49. The van der Waals surface area contributed by atoms with Crippen molar-refractivity contribution in [1.29, 1.82) is 0 Å². The first-order valence-electron chi connectivity index (χ1n) is 16.2. The summed E-state index contributed by atoms with van der Waals surface area (Å²) in [6, 6.07) is 3.92. The fraction of sp³-hybridized carbons (Fsp3) is 0.353. The smallest absolute Gasteiger partial charge is 0.416 e. The molecule has 1 spiro atoms. The van der Waals surface area contributed by atoms with Crippen LogP contribution in [-0.4, -0.2) is 69.0 Å². The lowest BCUT2D eigenvalue weighted by molar-refractivity contribution is -0.137. The van der Waals surface area contributed by atoms with Gasteiger partial charge in [0.15, 0.2) is 23.1 Å². The van der Waals surface area contributed by atoms with Gasteiger partial charge in [-0.05, 0) is 63.3 Å². The van der Waals surface area contributed by atoms with Gasteiger partial charge >= 0.3 is 6.18 Å². The Bertz CT molecular complexity index is 2350. The standard InChI is InChI=1S/C34H30ClF4N9O4/c1-16-13-33(7-10-46(11-8-33)31(52)26-28(50)18(3)41-15-42-26)24-27(16)47(14-23(49)43-22-5-4-19(12-21(22)35)34(37,38)39)32-44-29(45-48(32)30(24)51)20-6-9-40-17(2)25(20)36/h4-6,9,12,15-16,50H,7-8,10-11,13-14H2,1-3H3,(H,43,49)/t16-/m0/s1. The number of benzene rings is 1. The fourth-order valence-electron chi connectivity index (χ4n) is 7.35. The lowest BCUT2D eigenvalue weighted by Gasteiger charge is -2.39. The minimum Gasteiger partial charge on any atom is -0.504 e. The first-order chi connectivity index (χ1) is 24.6. The van der Waals surface area contributed by atoms with Crippen molar-refractivity contribution in [1.82, 2.24) is 39.0 Å². The molecule has 1 atom stereocenters. The van der Waals surface area contributed by atoms with E-state index in [1.54, 1.807) is 11.8 Å². The molecule has 52 heavy (non-hydrogen) atoms. The molecule has 1 aliphatic carbocycles. The molecule has 0 saturated carbocycles. The molecule has 270 valence electrons. The van der Waals surface area contributed by atoms with Crippen LogP contribution in [0.15, 0.2) is 41.6 Å². The number of aryl methyl sites for hydroxylation is 2. The number of carbonyl (C=O) groups excluding carboxylic acids is 2. The van der Waals surface area contributed by atoms with Crippen LogP contribution < -0.4 is 10.9 Å². The van der Waals surface area contributed by atoms with E-state index in [2.05, 4.69) is 30.4 Å². The number of halogens is 5. The van der Waals surface area contributed by atoms with Crippen LogP contribution in [0.25, 0.3) is 17.2 Å². The van der Waals surface area contributed by atoms with Gasteiger partial charge in [-0.25, -0.2) is 14.4 Å². The summed E-state index contributed by atoms with van der Waals surface area (Å²) in [4.78, 5) is 59.3. The van der Waals surface area contributed by atoms with Gasteiger partial charge in [0.05, 0.1) is 33.2 Å². The Morgan fingerprint density at radius 1 is 1.10 bits per heavy atom. The number of likely N-dealkylation sites (tertiary alicyclic amines) is 1. The van der Waals surface area contributed by atoms with E-state index in [1.807, 2.05) is 6.92 Å². The molecule has 1 aliphatic heterocycles. The van der Waals surface area contributed by atoms with E-state index < -0.39 is 46.9 Å². The molecule has 13 nitrogen and oxygen atoms in total. The van der Waals surface area contributed by atoms with Gasteiger partial charge in [-0.1, -0.05) is 18.5 Å². The second kappa shape index (κ2) is 12.6. The fourth-order valence-corrected chi connectivity index (χ4v) is 7.58. The summed E-state index contributed by atoms with van der Waals surface area (Å²) in [6.07, 6.45) is -0.866. The van der Waals surface area contributed by atoms with Crippen LogP contribution in [-0.2, 0) is 22.9 Å². The zero-order valence-electron chi connectivity index (χ0n) is 27.9. The predicted molar refractivity (Wildman–Crippen MR) is 179 cm³/mol. The van der Waals surface area contributed by atoms with Crippen LogP contribution in [0.5, 0.6) is 5.75 Å². The van der Waals surface area contributed by atoms with Gasteiger partial charge < -0.3 is 19.9 Å². The average molecular weight is 740 g/mol. The minimum atomic E-state index is -4.64. The first-order valence-corrected chi connectivity index (χ1v) is 16.6. The molecule has 4 aromatic heterocycles. The summed E-state index contributed by atoms with van der Waals surface area (Å²) in [5.41, 5.74) is -1.22. The molecule has 1 fully saturated rings. The molecule has 0 unspecified atom stereocenters. The Morgan fingerprint density at radius 2 is 1.83 bits per heavy atom. The molecule has 7 rings (SSSR count). The highest BCUT2D eigenvalue weighted by Crippen LogP contribution is 2.50. The Hall–Kier alpha value is -5.45. The maximum absolute atomic E-state index is 15.2. The first kappa shape index (κ1) is 35.0. The number of hydrogen-bond donors (Lipinski definition) is 2. The van der Waals surface area contributed by atoms with Gasteiger partial charge in [-0.15, -0.1) is 5.10 Å². The second-order valence-corrected chi connectivity index (χ2v) is 13.5. The van der Waals surface area contributed by atoms with Crippen molar-refractivity contribution in [2.24, 2.45) is 0 Å². The second-order valence-electron chi connectivity index (χ2n) is 13.1. The number of piperidine rings is 1. The Labute approximate surface area is 297 Å². The Balaban J connectivity index is 1.29. The van der Waals surface area contributed by atoms with Crippen molar-refractivity contribution >= 4 is 34.9 Å². The molecule has 5 aromatic rings. The summed E-state index contributed by atoms with van der Waals surface area (Å²) >= 11 is 6.12. The average Bonchev–Trinajstić information content (AvgIpc) is 3.66. The largest absolute Gasteiger partial charge is 0.504 e. The van der Waals surface area contributed by atoms with E-state index in [0.717, 1.165) is 16.6 Å². The topological polar surface area (TPSA) is 160 Å². The number of alkyl halides is 3. The number of carbonyl (C=O) groups is 2. The summed E-state index contributed by atoms with van der Waals surface area (Å²) < 4.78 is 57.5. The van der Waals surface area contributed by atoms with Crippen LogP contribution in [0.2, 0.25) is 5.02 Å². The molecule has 18 heteroatoms. The van der Waals surface area contributed by atoms with Gasteiger partial charge in [0.2, 0.25) is 11.7 Å². The number of aromatic nitrogens is 7. The lowest BCUT2D eigenvalue weighted by Crippen LogP contribution is -2.46. The van der Waals surface area contributed by atoms with E-state index in [-0.39, 0.29) is 69.7 Å². The molecule has 1 aromatic carbocycles. The third-order valence-corrected chi connectivity index (χ3v) is 10.2. The summed E-state index contributed by atoms with van der Waals surface area (Å²) in [6.45, 7) is 4.92. The highest BCUT2D eigenvalue weighted by atomic mass is 35.5. The number of amides is 2. The van der Waals surface area contributed by atoms with Gasteiger partial charge in [0.1, 0.15) is 12.9 Å². The predicted octanol–water partition coefficient (Wildman–Crippen LogP) is 5.20. The molecule has 1 saturated heterocycles. The van der Waals surface area contributed by atoms with Crippen LogP contribution in [0.3, 0.4) is 0 Å². The number of aromatic hydroxyl groups is 1. The number of pyridine rings is 1. The number of hydrogen-bond acceptors (Lipinski definition) is 9. The molecule has 2 aliphatic rings. The molecule has 0 bridgehead atoms. The van der Waals surface area contributed by atoms with Crippen LogP contribution in [0.1, 0.15) is 70.8 Å². The lowest BCUT2D eigenvalue weighted by atomic mass is 9.73. The van der Waals surface area contributed by atoms with Crippen molar-refractivity contribution in [3.8, 4) is 17.1 Å². The molecular formula is C34H30ClF4N9O4. The van der Waals surface area contributed by atoms with Gasteiger partial charge in [-0.3, -0.25) is 19.4 Å². The van der Waals surface area contributed by atoms with Crippen LogP contribution in [0, 0.1) is 19.7 Å². The molecule has 2 N–H and O–H groups in total. The number of anilines is 1. The minimum absolute atomic E-state index is 0.0129. The third kappa shape index (κ3) is 5.81. The maximum Gasteiger partial charge on any atom is 0.416 e. The van der Waals surface area contributed by atoms with E-state index in [9.17, 15) is 32.7 Å². The van der Waals surface area contributed by atoms with Crippen LogP contribution >= 0.6 is 11.6 Å². The third-order valence-electron chi connectivity index (χ3n) is 9.87. The van der Waals surface area contributed by atoms with E-state index in [0.29, 0.717) is 36.6 Å². The Morgan fingerprint density at radius 3 is 2.52 bits per heavy atom. The van der Waals surface area contributed by atoms with Crippen molar-refractivity contribution in [2.45, 2.75) is 64.1 Å². The zero-order chi connectivity index (χ0) is 37.3. The summed E-state index contributed by atoms with van der Waals surface area (Å²) in [5.74, 6) is -2.63.